The first kappa shape index (κ1) is 20.0. The van der Waals surface area contributed by atoms with Crippen LogP contribution < -0.4 is 4.90 Å². The van der Waals surface area contributed by atoms with E-state index in [4.69, 9.17) is 9.72 Å². The molecule has 150 valence electrons. The maximum atomic E-state index is 12.7. The number of fused-ring (bicyclic) bond motifs is 1. The van der Waals surface area contributed by atoms with Gasteiger partial charge in [0.1, 0.15) is 11.4 Å². The van der Waals surface area contributed by atoms with Crippen LogP contribution in [-0.2, 0) is 11.2 Å². The lowest BCUT2D eigenvalue weighted by molar-refractivity contribution is 0.0238. The smallest absolute Gasteiger partial charge is 0.410 e. The van der Waals surface area contributed by atoms with Gasteiger partial charge in [-0.15, -0.1) is 0 Å². The molecule has 2 aliphatic rings. The van der Waals surface area contributed by atoms with E-state index >= 15 is 0 Å². The van der Waals surface area contributed by atoms with Gasteiger partial charge in [0.2, 0.25) is 0 Å². The molecule has 1 unspecified atom stereocenters. The fraction of sp³-hybridized carbons (Fsp3) is 0.727. The summed E-state index contributed by atoms with van der Waals surface area (Å²) in [5, 5.41) is 0. The Balaban J connectivity index is 1.85. The summed E-state index contributed by atoms with van der Waals surface area (Å²) in [6.45, 7) is 13.8. The van der Waals surface area contributed by atoms with Gasteiger partial charge in [-0.1, -0.05) is 19.9 Å². The highest BCUT2D eigenvalue weighted by atomic mass is 16.6. The van der Waals surface area contributed by atoms with Crippen LogP contribution in [0.5, 0.6) is 0 Å². The average Bonchev–Trinajstić information content (AvgIpc) is 2.80. The Morgan fingerprint density at radius 3 is 2.48 bits per heavy atom. The molecule has 3 heterocycles. The monoisotopic (exact) mass is 373 g/mol. The number of nitrogens with zero attached hydrogens (tertiary/aromatic N) is 3. The van der Waals surface area contributed by atoms with E-state index in [2.05, 4.69) is 30.9 Å². The molecular formula is C22H35N3O2. The Morgan fingerprint density at radius 2 is 1.85 bits per heavy atom. The minimum atomic E-state index is -0.469. The lowest BCUT2D eigenvalue weighted by Crippen LogP contribution is -2.39. The van der Waals surface area contributed by atoms with E-state index in [-0.39, 0.29) is 12.0 Å². The Bertz CT molecular complexity index is 660. The highest BCUT2D eigenvalue weighted by Gasteiger charge is 2.32. The van der Waals surface area contributed by atoms with Gasteiger partial charge in [-0.05, 0) is 64.0 Å². The third kappa shape index (κ3) is 4.94. The van der Waals surface area contributed by atoms with E-state index in [1.807, 2.05) is 25.7 Å². The summed E-state index contributed by atoms with van der Waals surface area (Å²) >= 11 is 0. The van der Waals surface area contributed by atoms with Gasteiger partial charge < -0.3 is 14.5 Å². The lowest BCUT2D eigenvalue weighted by atomic mass is 9.89. The summed E-state index contributed by atoms with van der Waals surface area (Å²) in [6.07, 6.45) is 4.45. The third-order valence-electron chi connectivity index (χ3n) is 5.55. The number of piperidine rings is 1. The largest absolute Gasteiger partial charge is 0.444 e. The van der Waals surface area contributed by atoms with Gasteiger partial charge in [-0.3, -0.25) is 0 Å². The zero-order chi connectivity index (χ0) is 19.6. The average molecular weight is 374 g/mol. The van der Waals surface area contributed by atoms with Crippen molar-refractivity contribution < 1.29 is 9.53 Å². The molecule has 2 aliphatic heterocycles. The molecule has 0 aliphatic carbocycles. The Labute approximate surface area is 164 Å². The predicted octanol–water partition coefficient (Wildman–Crippen LogP) is 4.60. The minimum Gasteiger partial charge on any atom is -0.444 e. The number of hydrogen-bond donors (Lipinski definition) is 0. The molecule has 0 bridgehead atoms. The maximum Gasteiger partial charge on any atom is 0.410 e. The molecule has 1 aromatic rings. The minimum absolute atomic E-state index is 0.211. The standard InChI is InChI=1S/C22H35N3O2/c1-16(2)18-15-25(21(26)27-22(3,4)5)14-11-17-9-10-19(23-20(17)18)24-12-7-6-8-13-24/h9-10,16,18H,6-8,11-15H2,1-5H3. The molecule has 1 aromatic heterocycles. The number of amides is 1. The fourth-order valence-electron chi connectivity index (χ4n) is 4.01. The van der Waals surface area contributed by atoms with Crippen LogP contribution in [0, 0.1) is 5.92 Å². The number of carbonyl (C=O) groups excluding carboxylic acids is 1. The Kier molecular flexibility index (Phi) is 5.97. The van der Waals surface area contributed by atoms with Crippen molar-refractivity contribution in [2.45, 2.75) is 71.8 Å². The van der Waals surface area contributed by atoms with Crippen molar-refractivity contribution in [3.63, 3.8) is 0 Å². The van der Waals surface area contributed by atoms with Gasteiger partial charge in [0, 0.05) is 32.1 Å². The molecule has 0 saturated carbocycles. The fourth-order valence-corrected chi connectivity index (χ4v) is 4.01. The number of rotatable bonds is 2. The van der Waals surface area contributed by atoms with E-state index in [0.717, 1.165) is 25.3 Å². The van der Waals surface area contributed by atoms with Gasteiger partial charge in [0.05, 0.1) is 5.69 Å². The second-order valence-electron chi connectivity index (χ2n) is 9.29. The van der Waals surface area contributed by atoms with Crippen LogP contribution in [0.15, 0.2) is 12.1 Å². The van der Waals surface area contributed by atoms with Crippen LogP contribution in [0.3, 0.4) is 0 Å². The second kappa shape index (κ2) is 8.07. The van der Waals surface area contributed by atoms with Crippen LogP contribution in [0.1, 0.15) is 71.1 Å². The number of anilines is 1. The van der Waals surface area contributed by atoms with Crippen LogP contribution in [0.2, 0.25) is 0 Å². The molecular weight excluding hydrogens is 338 g/mol. The lowest BCUT2D eigenvalue weighted by Gasteiger charge is -2.31. The molecule has 0 N–H and O–H groups in total. The summed E-state index contributed by atoms with van der Waals surface area (Å²) in [7, 11) is 0. The number of hydrogen-bond acceptors (Lipinski definition) is 4. The molecule has 5 nitrogen and oxygen atoms in total. The van der Waals surface area contributed by atoms with Gasteiger partial charge in [0.25, 0.3) is 0 Å². The SMILES string of the molecule is CC(C)C1CN(C(=O)OC(C)(C)C)CCc2ccc(N3CCCCC3)nc21. The molecule has 0 aromatic carbocycles. The highest BCUT2D eigenvalue weighted by molar-refractivity contribution is 5.68. The van der Waals surface area contributed by atoms with E-state index in [1.54, 1.807) is 0 Å². The first-order valence-electron chi connectivity index (χ1n) is 10.5. The van der Waals surface area contributed by atoms with Crippen LogP contribution >= 0.6 is 0 Å². The van der Waals surface area contributed by atoms with Crippen molar-refractivity contribution in [2.75, 3.05) is 31.1 Å². The van der Waals surface area contributed by atoms with Gasteiger partial charge in [0.15, 0.2) is 0 Å². The molecule has 0 spiro atoms. The molecule has 1 atom stereocenters. The number of carbonyl (C=O) groups is 1. The Morgan fingerprint density at radius 1 is 1.15 bits per heavy atom. The van der Waals surface area contributed by atoms with E-state index < -0.39 is 5.60 Å². The summed E-state index contributed by atoms with van der Waals surface area (Å²) in [5.41, 5.74) is 1.99. The highest BCUT2D eigenvalue weighted by Crippen LogP contribution is 2.32. The predicted molar refractivity (Wildman–Crippen MR) is 109 cm³/mol. The zero-order valence-corrected chi connectivity index (χ0v) is 17.6. The van der Waals surface area contributed by atoms with E-state index in [9.17, 15) is 4.79 Å². The molecule has 0 radical (unpaired) electrons. The number of pyridine rings is 1. The van der Waals surface area contributed by atoms with Gasteiger partial charge in [-0.2, -0.15) is 0 Å². The molecule has 1 amide bonds. The summed E-state index contributed by atoms with van der Waals surface area (Å²) in [5.74, 6) is 1.75. The van der Waals surface area contributed by atoms with Crippen molar-refractivity contribution in [1.29, 1.82) is 0 Å². The summed E-state index contributed by atoms with van der Waals surface area (Å²) in [6, 6.07) is 4.41. The van der Waals surface area contributed by atoms with Crippen molar-refractivity contribution in [3.05, 3.63) is 23.4 Å². The van der Waals surface area contributed by atoms with Crippen molar-refractivity contribution in [2.24, 2.45) is 5.92 Å². The summed E-state index contributed by atoms with van der Waals surface area (Å²) < 4.78 is 5.64. The number of ether oxygens (including phenoxy) is 1. The molecule has 5 heteroatoms. The van der Waals surface area contributed by atoms with Crippen molar-refractivity contribution in [3.8, 4) is 0 Å². The van der Waals surface area contributed by atoms with Crippen LogP contribution in [0.25, 0.3) is 0 Å². The Hall–Kier alpha value is -1.78. The van der Waals surface area contributed by atoms with E-state index in [1.165, 1.54) is 30.5 Å². The number of aromatic nitrogens is 1. The topological polar surface area (TPSA) is 45.7 Å². The van der Waals surface area contributed by atoms with Crippen molar-refractivity contribution in [1.82, 2.24) is 9.88 Å². The third-order valence-corrected chi connectivity index (χ3v) is 5.55. The first-order valence-corrected chi connectivity index (χ1v) is 10.5. The molecule has 1 fully saturated rings. The van der Waals surface area contributed by atoms with Gasteiger partial charge in [-0.25, -0.2) is 9.78 Å². The zero-order valence-electron chi connectivity index (χ0n) is 17.6. The quantitative estimate of drug-likeness (QED) is 0.760. The normalized spacial score (nSPS) is 21.0. The van der Waals surface area contributed by atoms with E-state index in [0.29, 0.717) is 19.0 Å². The summed E-state index contributed by atoms with van der Waals surface area (Å²) in [4.78, 5) is 22.1. The molecule has 3 rings (SSSR count). The molecule has 27 heavy (non-hydrogen) atoms. The van der Waals surface area contributed by atoms with Crippen LogP contribution in [0.4, 0.5) is 10.6 Å². The van der Waals surface area contributed by atoms with Crippen LogP contribution in [-0.4, -0.2) is 47.8 Å². The van der Waals surface area contributed by atoms with Crippen molar-refractivity contribution >= 4 is 11.9 Å². The van der Waals surface area contributed by atoms with Gasteiger partial charge >= 0.3 is 6.09 Å². The second-order valence-corrected chi connectivity index (χ2v) is 9.29. The first-order chi connectivity index (χ1) is 12.7. The maximum absolute atomic E-state index is 12.7. The molecule has 1 saturated heterocycles.